The van der Waals surface area contributed by atoms with Gasteiger partial charge in [-0.2, -0.15) is 13.2 Å². The maximum absolute atomic E-state index is 11.2. The number of aliphatic hydroxyl groups excluding tert-OH is 1. The zero-order valence-corrected chi connectivity index (χ0v) is 21.1. The van der Waals surface area contributed by atoms with Crippen molar-refractivity contribution in [3.05, 3.63) is 58.6 Å². The minimum Gasteiger partial charge on any atom is -0.487 e. The van der Waals surface area contributed by atoms with Crippen LogP contribution in [0.2, 0.25) is 5.02 Å². The van der Waals surface area contributed by atoms with Gasteiger partial charge in [0.05, 0.1) is 18.6 Å². The number of hydrogen-bond acceptors (Lipinski definition) is 6. The van der Waals surface area contributed by atoms with Crippen LogP contribution in [0.3, 0.4) is 0 Å². The fourth-order valence-electron chi connectivity index (χ4n) is 5.40. The quantitative estimate of drug-likeness (QED) is 0.524. The number of fused-ring (bicyclic) bond motifs is 1. The van der Waals surface area contributed by atoms with Crippen LogP contribution in [0.1, 0.15) is 24.0 Å². The summed E-state index contributed by atoms with van der Waals surface area (Å²) in [6, 6.07) is 13.5. The van der Waals surface area contributed by atoms with Crippen molar-refractivity contribution in [2.75, 3.05) is 31.1 Å². The number of carboxylic acids is 2. The second-order valence-corrected chi connectivity index (χ2v) is 10.2. The summed E-state index contributed by atoms with van der Waals surface area (Å²) in [5.41, 5.74) is 2.71. The van der Waals surface area contributed by atoms with Gasteiger partial charge in [0, 0.05) is 56.2 Å². The van der Waals surface area contributed by atoms with E-state index in [4.69, 9.17) is 26.2 Å². The number of benzene rings is 2. The van der Waals surface area contributed by atoms with Crippen LogP contribution in [0.4, 0.5) is 18.9 Å². The van der Waals surface area contributed by atoms with Crippen molar-refractivity contribution in [3.8, 4) is 5.75 Å². The van der Waals surface area contributed by atoms with Crippen molar-refractivity contribution >= 4 is 29.2 Å². The first-order valence-corrected chi connectivity index (χ1v) is 12.5. The Morgan fingerprint density at radius 1 is 1.08 bits per heavy atom. The smallest absolute Gasteiger partial charge is 0.487 e. The van der Waals surface area contributed by atoms with Crippen LogP contribution < -0.4 is 9.64 Å². The molecule has 0 aromatic heterocycles. The summed E-state index contributed by atoms with van der Waals surface area (Å²) in [4.78, 5) is 24.6. The second-order valence-electron chi connectivity index (χ2n) is 9.79. The molecule has 12 heteroatoms. The number of likely N-dealkylation sites (tertiary alicyclic amines) is 1. The van der Waals surface area contributed by atoms with Gasteiger partial charge in [0.2, 0.25) is 0 Å². The van der Waals surface area contributed by atoms with Crippen LogP contribution in [0.25, 0.3) is 0 Å². The number of aliphatic carboxylic acids is 2. The van der Waals surface area contributed by atoms with E-state index in [1.54, 1.807) is 0 Å². The van der Waals surface area contributed by atoms with E-state index >= 15 is 0 Å². The van der Waals surface area contributed by atoms with E-state index in [-0.39, 0.29) is 18.1 Å². The largest absolute Gasteiger partial charge is 0.490 e. The highest BCUT2D eigenvalue weighted by atomic mass is 35.5. The number of β-amino-alcohol motifs (C(OH)–C–C–N with tert-alkyl or cyclic N) is 1. The Balaban J connectivity index is 0.000000426. The molecule has 2 aromatic rings. The summed E-state index contributed by atoms with van der Waals surface area (Å²) in [7, 11) is 0. The maximum Gasteiger partial charge on any atom is 0.490 e. The van der Waals surface area contributed by atoms with Crippen molar-refractivity contribution in [1.82, 2.24) is 4.90 Å². The normalized spacial score (nSPS) is 22.4. The van der Waals surface area contributed by atoms with Gasteiger partial charge in [-0.25, -0.2) is 4.79 Å². The van der Waals surface area contributed by atoms with Gasteiger partial charge in [-0.15, -0.1) is 0 Å². The van der Waals surface area contributed by atoms with Gasteiger partial charge in [-0.1, -0.05) is 29.8 Å². The maximum atomic E-state index is 11.2. The predicted molar refractivity (Wildman–Crippen MR) is 133 cm³/mol. The highest BCUT2D eigenvalue weighted by molar-refractivity contribution is 6.30. The van der Waals surface area contributed by atoms with E-state index in [1.165, 1.54) is 5.56 Å². The molecule has 1 unspecified atom stereocenters. The molecule has 206 valence electrons. The van der Waals surface area contributed by atoms with Gasteiger partial charge < -0.3 is 25.0 Å². The number of halogens is 4. The third-order valence-electron chi connectivity index (χ3n) is 7.22. The van der Waals surface area contributed by atoms with Crippen molar-refractivity contribution in [1.29, 1.82) is 0 Å². The Kier molecular flexibility index (Phi) is 8.10. The van der Waals surface area contributed by atoms with E-state index in [0.29, 0.717) is 13.1 Å². The Bertz CT molecular complexity index is 1190. The third kappa shape index (κ3) is 6.33. The number of piperidine rings is 1. The number of carbonyl (C=O) groups is 2. The minimum atomic E-state index is -5.08. The number of hydrogen-bond donors (Lipinski definition) is 3. The van der Waals surface area contributed by atoms with Crippen LogP contribution in [-0.2, 0) is 22.4 Å². The molecule has 3 aliphatic heterocycles. The molecule has 3 N–H and O–H groups in total. The number of para-hydroxylation sites is 1. The standard InChI is InChI=1S/C24H27ClN2O4.C2HF3O2/c25-18-5-6-22-17(11-18)13-24(31-22)7-9-26(10-8-24)20-14-27(15-21(20)28)19-4-2-1-3-16(19)12-23(29)30;3-2(4,5)1(6)7/h1-6,11,20-21,28H,7-10,12-15H2,(H,29,30);(H,6,7)/t20?,21-;/m1./s1. The van der Waals surface area contributed by atoms with Gasteiger partial charge in [0.25, 0.3) is 0 Å². The number of carboxylic acid groups (broad SMARTS) is 2. The van der Waals surface area contributed by atoms with Crippen molar-refractivity contribution in [2.24, 2.45) is 0 Å². The first-order chi connectivity index (χ1) is 17.9. The molecular formula is C26H28ClF3N2O6. The first-order valence-electron chi connectivity index (χ1n) is 12.1. The average Bonchev–Trinajstić information content (AvgIpc) is 3.39. The lowest BCUT2D eigenvalue weighted by molar-refractivity contribution is -0.192. The van der Waals surface area contributed by atoms with E-state index in [2.05, 4.69) is 9.80 Å². The zero-order chi connectivity index (χ0) is 27.7. The SMILES string of the molecule is O=C(O)C(F)(F)F.O=C(O)Cc1ccccc1N1CC(N2CCC3(CC2)Cc2cc(Cl)ccc2O3)[C@H](O)C1. The summed E-state index contributed by atoms with van der Waals surface area (Å²) in [5.74, 6) is -2.66. The fourth-order valence-corrected chi connectivity index (χ4v) is 5.60. The molecule has 3 heterocycles. The molecule has 38 heavy (non-hydrogen) atoms. The van der Waals surface area contributed by atoms with Crippen LogP contribution >= 0.6 is 11.6 Å². The van der Waals surface area contributed by atoms with E-state index < -0.39 is 24.2 Å². The van der Waals surface area contributed by atoms with Gasteiger partial charge in [0.15, 0.2) is 0 Å². The molecule has 0 amide bonds. The molecule has 2 atom stereocenters. The monoisotopic (exact) mass is 556 g/mol. The summed E-state index contributed by atoms with van der Waals surface area (Å²) in [5, 5.41) is 27.9. The molecule has 3 aliphatic rings. The van der Waals surface area contributed by atoms with Crippen molar-refractivity contribution in [2.45, 2.75) is 49.6 Å². The number of anilines is 1. The third-order valence-corrected chi connectivity index (χ3v) is 7.45. The van der Waals surface area contributed by atoms with Gasteiger partial charge in [0.1, 0.15) is 11.4 Å². The molecule has 0 radical (unpaired) electrons. The molecule has 5 rings (SSSR count). The molecule has 2 aromatic carbocycles. The van der Waals surface area contributed by atoms with Crippen molar-refractivity contribution < 1.29 is 42.8 Å². The van der Waals surface area contributed by atoms with Gasteiger partial charge in [-0.3, -0.25) is 9.69 Å². The Morgan fingerprint density at radius 3 is 2.37 bits per heavy atom. The lowest BCUT2D eigenvalue weighted by Gasteiger charge is -2.41. The van der Waals surface area contributed by atoms with Crippen LogP contribution in [0.15, 0.2) is 42.5 Å². The molecule has 0 aliphatic carbocycles. The topological polar surface area (TPSA) is 111 Å². The minimum absolute atomic E-state index is 0.0123. The molecule has 2 saturated heterocycles. The molecule has 0 saturated carbocycles. The van der Waals surface area contributed by atoms with E-state index in [9.17, 15) is 28.2 Å². The Hall–Kier alpha value is -3.02. The van der Waals surface area contributed by atoms with Crippen LogP contribution in [-0.4, -0.2) is 82.3 Å². The highest BCUT2D eigenvalue weighted by Crippen LogP contribution is 2.42. The Labute approximate surface area is 222 Å². The van der Waals surface area contributed by atoms with Crippen LogP contribution in [0, 0.1) is 0 Å². The summed E-state index contributed by atoms with van der Waals surface area (Å²) >= 11 is 6.15. The lowest BCUT2D eigenvalue weighted by Crippen LogP contribution is -2.53. The van der Waals surface area contributed by atoms with Gasteiger partial charge in [-0.05, 0) is 35.4 Å². The average molecular weight is 557 g/mol. The van der Waals surface area contributed by atoms with Crippen molar-refractivity contribution in [3.63, 3.8) is 0 Å². The lowest BCUT2D eigenvalue weighted by atomic mass is 9.86. The summed E-state index contributed by atoms with van der Waals surface area (Å²) in [6.07, 6.45) is -2.84. The number of alkyl halides is 3. The van der Waals surface area contributed by atoms with Crippen LogP contribution in [0.5, 0.6) is 5.75 Å². The predicted octanol–water partition coefficient (Wildman–Crippen LogP) is 3.62. The number of ether oxygens (including phenoxy) is 1. The zero-order valence-electron chi connectivity index (χ0n) is 20.3. The van der Waals surface area contributed by atoms with E-state index in [1.807, 2.05) is 42.5 Å². The highest BCUT2D eigenvalue weighted by Gasteiger charge is 2.45. The summed E-state index contributed by atoms with van der Waals surface area (Å²) in [6.45, 7) is 2.95. The first kappa shape index (κ1) is 28.0. The molecule has 0 bridgehead atoms. The Morgan fingerprint density at radius 2 is 1.74 bits per heavy atom. The molecule has 1 spiro atoms. The fraction of sp³-hybridized carbons (Fsp3) is 0.462. The summed E-state index contributed by atoms with van der Waals surface area (Å²) < 4.78 is 38.1. The second kappa shape index (κ2) is 11.0. The molecule has 2 fully saturated rings. The van der Waals surface area contributed by atoms with Gasteiger partial charge >= 0.3 is 18.1 Å². The van der Waals surface area contributed by atoms with E-state index in [0.717, 1.165) is 54.4 Å². The molecular weight excluding hydrogens is 529 g/mol. The number of aliphatic hydroxyl groups is 1. The number of rotatable bonds is 4. The molecule has 8 nitrogen and oxygen atoms in total. The number of nitrogens with zero attached hydrogens (tertiary/aromatic N) is 2.